The summed E-state index contributed by atoms with van der Waals surface area (Å²) < 4.78 is 45.8. The van der Waals surface area contributed by atoms with Crippen molar-refractivity contribution in [3.05, 3.63) is 70.0 Å². The van der Waals surface area contributed by atoms with Crippen molar-refractivity contribution in [2.75, 3.05) is 19.7 Å². The highest BCUT2D eigenvalue weighted by Crippen LogP contribution is 2.28. The molecule has 5 nitrogen and oxygen atoms in total. The maximum atomic E-state index is 13.3. The fourth-order valence-electron chi connectivity index (χ4n) is 2.83. The summed E-state index contributed by atoms with van der Waals surface area (Å²) in [5.41, 5.74) is 1.60. The molecule has 0 saturated carbocycles. The highest BCUT2D eigenvalue weighted by Gasteiger charge is 2.30. The minimum Gasteiger partial charge on any atom is -0.371 e. The van der Waals surface area contributed by atoms with Crippen LogP contribution in [0.15, 0.2) is 42.5 Å². The van der Waals surface area contributed by atoms with Crippen LogP contribution in [0.5, 0.6) is 0 Å². The van der Waals surface area contributed by atoms with Gasteiger partial charge in [-0.25, -0.2) is 12.8 Å². The van der Waals surface area contributed by atoms with Gasteiger partial charge in [0.15, 0.2) is 0 Å². The third-order valence-electron chi connectivity index (χ3n) is 4.14. The normalized spacial score (nSPS) is 18.4. The molecule has 0 aliphatic carbocycles. The molecule has 136 valence electrons. The first kappa shape index (κ1) is 18.8. The van der Waals surface area contributed by atoms with E-state index in [1.165, 1.54) is 16.4 Å². The molecule has 8 heteroatoms. The average Bonchev–Trinajstić information content (AvgIpc) is 2.64. The number of hydrogen-bond acceptors (Lipinski definition) is 4. The van der Waals surface area contributed by atoms with E-state index in [1.54, 1.807) is 30.3 Å². The lowest BCUT2D eigenvalue weighted by molar-refractivity contribution is -0.00263. The monoisotopic (exact) mass is 394 g/mol. The molecule has 0 spiro atoms. The Morgan fingerprint density at radius 3 is 2.85 bits per heavy atom. The Kier molecular flexibility index (Phi) is 5.58. The molecule has 0 N–H and O–H groups in total. The lowest BCUT2D eigenvalue weighted by Gasteiger charge is -2.32. The van der Waals surface area contributed by atoms with Crippen LogP contribution >= 0.6 is 11.6 Å². The Balaban J connectivity index is 1.77. The van der Waals surface area contributed by atoms with E-state index in [0.717, 1.165) is 0 Å². The summed E-state index contributed by atoms with van der Waals surface area (Å²) in [4.78, 5) is 0. The van der Waals surface area contributed by atoms with Crippen molar-refractivity contribution in [1.82, 2.24) is 4.31 Å². The number of nitrogens with zero attached hydrogens (tertiary/aromatic N) is 2. The third-order valence-corrected chi connectivity index (χ3v) is 6.25. The molecule has 3 rings (SSSR count). The van der Waals surface area contributed by atoms with E-state index in [2.05, 4.69) is 0 Å². The highest BCUT2D eigenvalue weighted by molar-refractivity contribution is 7.88. The second kappa shape index (κ2) is 7.72. The fraction of sp³-hybridized carbons (Fsp3) is 0.278. The smallest absolute Gasteiger partial charge is 0.218 e. The van der Waals surface area contributed by atoms with Crippen molar-refractivity contribution in [1.29, 1.82) is 5.26 Å². The van der Waals surface area contributed by atoms with E-state index in [1.807, 2.05) is 6.07 Å². The zero-order valence-electron chi connectivity index (χ0n) is 13.7. The highest BCUT2D eigenvalue weighted by atomic mass is 35.5. The molecule has 0 aromatic heterocycles. The molecule has 1 heterocycles. The number of hydrogen-bond donors (Lipinski definition) is 0. The fourth-order valence-corrected chi connectivity index (χ4v) is 4.51. The average molecular weight is 395 g/mol. The van der Waals surface area contributed by atoms with E-state index < -0.39 is 21.9 Å². The summed E-state index contributed by atoms with van der Waals surface area (Å²) in [7, 11) is -3.58. The van der Waals surface area contributed by atoms with Gasteiger partial charge in [-0.05, 0) is 35.4 Å². The number of halogens is 2. The SMILES string of the molecule is N#Cc1cccc(CS(=O)(=O)N2CCOC(c3ccc(F)c(Cl)c3)C2)c1. The van der Waals surface area contributed by atoms with Crippen molar-refractivity contribution in [3.8, 4) is 6.07 Å². The molecule has 1 fully saturated rings. The molecule has 1 unspecified atom stereocenters. The Morgan fingerprint density at radius 1 is 1.31 bits per heavy atom. The van der Waals surface area contributed by atoms with Gasteiger partial charge in [0, 0.05) is 13.1 Å². The second-order valence-electron chi connectivity index (χ2n) is 5.96. The van der Waals surface area contributed by atoms with Gasteiger partial charge in [-0.15, -0.1) is 0 Å². The molecule has 1 atom stereocenters. The molecular weight excluding hydrogens is 379 g/mol. The Labute approximate surface area is 156 Å². The molecular formula is C18H16ClFN2O3S. The number of nitriles is 1. The summed E-state index contributed by atoms with van der Waals surface area (Å²) in [6.07, 6.45) is -0.512. The number of ether oxygens (including phenoxy) is 1. The maximum absolute atomic E-state index is 13.3. The van der Waals surface area contributed by atoms with Crippen LogP contribution in [0, 0.1) is 17.1 Å². The molecule has 2 aromatic carbocycles. The van der Waals surface area contributed by atoms with Crippen molar-refractivity contribution in [2.24, 2.45) is 0 Å². The predicted molar refractivity (Wildman–Crippen MR) is 95.5 cm³/mol. The van der Waals surface area contributed by atoms with E-state index in [9.17, 15) is 12.8 Å². The van der Waals surface area contributed by atoms with Gasteiger partial charge in [0.1, 0.15) is 5.82 Å². The Morgan fingerprint density at radius 2 is 2.12 bits per heavy atom. The van der Waals surface area contributed by atoms with Crippen LogP contribution in [0.1, 0.15) is 22.8 Å². The summed E-state index contributed by atoms with van der Waals surface area (Å²) in [5, 5.41) is 8.92. The Bertz CT molecular complexity index is 959. The summed E-state index contributed by atoms with van der Waals surface area (Å²) >= 11 is 5.81. The van der Waals surface area contributed by atoms with E-state index in [4.69, 9.17) is 21.6 Å². The van der Waals surface area contributed by atoms with Crippen molar-refractivity contribution < 1.29 is 17.5 Å². The van der Waals surface area contributed by atoms with E-state index >= 15 is 0 Å². The molecule has 1 saturated heterocycles. The third kappa shape index (κ3) is 4.22. The molecule has 2 aromatic rings. The maximum Gasteiger partial charge on any atom is 0.218 e. The first-order chi connectivity index (χ1) is 12.4. The topological polar surface area (TPSA) is 70.4 Å². The molecule has 0 amide bonds. The van der Waals surface area contributed by atoms with Crippen LogP contribution in [0.2, 0.25) is 5.02 Å². The number of rotatable bonds is 4. The first-order valence-corrected chi connectivity index (χ1v) is 9.91. The van der Waals surface area contributed by atoms with Crippen LogP contribution in [-0.2, 0) is 20.5 Å². The van der Waals surface area contributed by atoms with Gasteiger partial charge in [-0.1, -0.05) is 29.8 Å². The van der Waals surface area contributed by atoms with Crippen molar-refractivity contribution >= 4 is 21.6 Å². The van der Waals surface area contributed by atoms with Gasteiger partial charge < -0.3 is 4.74 Å². The van der Waals surface area contributed by atoms with E-state index in [0.29, 0.717) is 16.7 Å². The minimum absolute atomic E-state index is 0.0283. The number of benzene rings is 2. The summed E-state index contributed by atoms with van der Waals surface area (Å²) in [5.74, 6) is -0.729. The van der Waals surface area contributed by atoms with E-state index in [-0.39, 0.29) is 30.5 Å². The van der Waals surface area contributed by atoms with Crippen LogP contribution in [0.4, 0.5) is 4.39 Å². The molecule has 26 heavy (non-hydrogen) atoms. The van der Waals surface area contributed by atoms with Crippen LogP contribution < -0.4 is 0 Å². The van der Waals surface area contributed by atoms with Gasteiger partial charge in [0.2, 0.25) is 10.0 Å². The lowest BCUT2D eigenvalue weighted by atomic mass is 10.1. The van der Waals surface area contributed by atoms with Gasteiger partial charge in [0.25, 0.3) is 0 Å². The lowest BCUT2D eigenvalue weighted by Crippen LogP contribution is -2.42. The van der Waals surface area contributed by atoms with Gasteiger partial charge in [0.05, 0.1) is 35.1 Å². The van der Waals surface area contributed by atoms with Crippen LogP contribution in [-0.4, -0.2) is 32.4 Å². The molecule has 1 aliphatic heterocycles. The van der Waals surface area contributed by atoms with Crippen LogP contribution in [0.25, 0.3) is 0 Å². The van der Waals surface area contributed by atoms with Gasteiger partial charge in [-0.2, -0.15) is 9.57 Å². The first-order valence-electron chi connectivity index (χ1n) is 7.92. The quantitative estimate of drug-likeness (QED) is 0.798. The Hall–Kier alpha value is -1.98. The predicted octanol–water partition coefficient (Wildman–Crippen LogP) is 3.25. The zero-order chi connectivity index (χ0) is 18.7. The van der Waals surface area contributed by atoms with Gasteiger partial charge in [-0.3, -0.25) is 0 Å². The number of sulfonamides is 1. The standard InChI is InChI=1S/C18H16ClFN2O3S/c19-16-9-15(4-5-17(16)20)18-11-22(6-7-25-18)26(23,24)12-14-3-1-2-13(8-14)10-21/h1-5,8-9,18H,6-7,11-12H2. The largest absolute Gasteiger partial charge is 0.371 e. The van der Waals surface area contributed by atoms with Crippen LogP contribution in [0.3, 0.4) is 0 Å². The molecule has 0 bridgehead atoms. The van der Waals surface area contributed by atoms with Crippen molar-refractivity contribution in [3.63, 3.8) is 0 Å². The summed E-state index contributed by atoms with van der Waals surface area (Å²) in [6.45, 7) is 0.602. The molecule has 0 radical (unpaired) electrons. The minimum atomic E-state index is -3.58. The van der Waals surface area contributed by atoms with Crippen molar-refractivity contribution in [2.45, 2.75) is 11.9 Å². The summed E-state index contributed by atoms with van der Waals surface area (Å²) in [6, 6.07) is 12.8. The zero-order valence-corrected chi connectivity index (χ0v) is 15.3. The molecule has 1 aliphatic rings. The second-order valence-corrected chi connectivity index (χ2v) is 8.34. The number of morpholine rings is 1. The van der Waals surface area contributed by atoms with Gasteiger partial charge >= 0.3 is 0 Å².